The Kier molecular flexibility index (Phi) is 5.76. The van der Waals surface area contributed by atoms with Gasteiger partial charge in [-0.15, -0.1) is 11.8 Å². The largest absolute Gasteiger partial charge is 0.465 e. The summed E-state index contributed by atoms with van der Waals surface area (Å²) in [5, 5.41) is 2.77. The number of amides is 1. The van der Waals surface area contributed by atoms with Crippen molar-refractivity contribution >= 4 is 29.3 Å². The highest BCUT2D eigenvalue weighted by molar-refractivity contribution is 8.00. The van der Waals surface area contributed by atoms with Crippen LogP contribution in [0.15, 0.2) is 47.4 Å². The first-order valence-corrected chi connectivity index (χ1v) is 7.85. The molecule has 120 valence electrons. The van der Waals surface area contributed by atoms with E-state index < -0.39 is 5.97 Å². The van der Waals surface area contributed by atoms with Gasteiger partial charge in [-0.05, 0) is 48.9 Å². The lowest BCUT2D eigenvalue weighted by Gasteiger charge is -2.10. The minimum absolute atomic E-state index is 0.188. The fourth-order valence-electron chi connectivity index (χ4n) is 1.87. The van der Waals surface area contributed by atoms with E-state index in [0.717, 1.165) is 10.5 Å². The summed E-state index contributed by atoms with van der Waals surface area (Å²) in [5.41, 5.74) is 1.79. The zero-order valence-electron chi connectivity index (χ0n) is 12.8. The van der Waals surface area contributed by atoms with E-state index in [1.165, 1.54) is 31.0 Å². The summed E-state index contributed by atoms with van der Waals surface area (Å²) < 4.78 is 17.5. The lowest BCUT2D eigenvalue weighted by molar-refractivity contribution is -0.113. The van der Waals surface area contributed by atoms with E-state index in [0.29, 0.717) is 11.3 Å². The molecule has 0 aliphatic rings. The van der Waals surface area contributed by atoms with Crippen LogP contribution in [0.1, 0.15) is 15.9 Å². The fourth-order valence-corrected chi connectivity index (χ4v) is 2.57. The predicted octanol–water partition coefficient (Wildman–Crippen LogP) is 3.65. The van der Waals surface area contributed by atoms with Gasteiger partial charge in [0.25, 0.3) is 0 Å². The van der Waals surface area contributed by atoms with Crippen LogP contribution >= 0.6 is 11.8 Å². The fraction of sp³-hybridized carbons (Fsp3) is 0.176. The number of benzene rings is 2. The molecule has 4 nitrogen and oxygen atoms in total. The quantitative estimate of drug-likeness (QED) is 0.670. The predicted molar refractivity (Wildman–Crippen MR) is 88.3 cm³/mol. The molecule has 0 spiro atoms. The average molecular weight is 333 g/mol. The van der Waals surface area contributed by atoms with Crippen LogP contribution in [-0.4, -0.2) is 24.7 Å². The third-order valence-electron chi connectivity index (χ3n) is 3.12. The van der Waals surface area contributed by atoms with E-state index in [2.05, 4.69) is 10.1 Å². The Bertz CT molecular complexity index is 716. The molecule has 0 aromatic heterocycles. The number of carbonyl (C=O) groups is 2. The minimum atomic E-state index is -0.457. The van der Waals surface area contributed by atoms with E-state index in [1.54, 1.807) is 30.3 Å². The van der Waals surface area contributed by atoms with Crippen LogP contribution in [0.2, 0.25) is 0 Å². The van der Waals surface area contributed by atoms with Crippen LogP contribution in [-0.2, 0) is 9.53 Å². The van der Waals surface area contributed by atoms with Crippen molar-refractivity contribution in [1.82, 2.24) is 0 Å². The van der Waals surface area contributed by atoms with E-state index in [-0.39, 0.29) is 17.5 Å². The molecule has 0 radical (unpaired) electrons. The molecule has 0 aliphatic heterocycles. The summed E-state index contributed by atoms with van der Waals surface area (Å²) in [6.07, 6.45) is 0. The SMILES string of the molecule is COC(=O)c1ccc(C)c(NC(=O)CSc2ccc(F)cc2)c1. The van der Waals surface area contributed by atoms with Gasteiger partial charge in [-0.2, -0.15) is 0 Å². The monoisotopic (exact) mass is 333 g/mol. The van der Waals surface area contributed by atoms with Crippen LogP contribution in [0.3, 0.4) is 0 Å². The summed E-state index contributed by atoms with van der Waals surface area (Å²) in [6.45, 7) is 1.84. The summed E-state index contributed by atoms with van der Waals surface area (Å²) in [6, 6.07) is 10.9. The lowest BCUT2D eigenvalue weighted by atomic mass is 10.1. The number of hydrogen-bond acceptors (Lipinski definition) is 4. The van der Waals surface area contributed by atoms with Crippen LogP contribution in [0.5, 0.6) is 0 Å². The Balaban J connectivity index is 1.99. The van der Waals surface area contributed by atoms with Gasteiger partial charge in [0, 0.05) is 10.6 Å². The molecule has 0 saturated carbocycles. The van der Waals surface area contributed by atoms with Gasteiger partial charge >= 0.3 is 5.97 Å². The molecular weight excluding hydrogens is 317 g/mol. The molecule has 0 fully saturated rings. The number of nitrogens with one attached hydrogen (secondary N) is 1. The molecule has 1 amide bonds. The summed E-state index contributed by atoms with van der Waals surface area (Å²) in [7, 11) is 1.31. The maximum atomic E-state index is 12.8. The first-order valence-electron chi connectivity index (χ1n) is 6.87. The Morgan fingerprint density at radius 2 is 1.87 bits per heavy atom. The number of hydrogen-bond donors (Lipinski definition) is 1. The molecule has 2 rings (SSSR count). The number of anilines is 1. The average Bonchev–Trinajstić information content (AvgIpc) is 2.55. The van der Waals surface area contributed by atoms with Gasteiger partial charge in [0.2, 0.25) is 5.91 Å². The van der Waals surface area contributed by atoms with Gasteiger partial charge in [-0.25, -0.2) is 9.18 Å². The molecular formula is C17H16FNO3S. The van der Waals surface area contributed by atoms with Gasteiger partial charge < -0.3 is 10.1 Å². The molecule has 0 aliphatic carbocycles. The second-order valence-corrected chi connectivity index (χ2v) is 5.86. The lowest BCUT2D eigenvalue weighted by Crippen LogP contribution is -2.15. The highest BCUT2D eigenvalue weighted by Gasteiger charge is 2.10. The smallest absolute Gasteiger partial charge is 0.337 e. The van der Waals surface area contributed by atoms with Crippen molar-refractivity contribution in [2.24, 2.45) is 0 Å². The Hall–Kier alpha value is -2.34. The number of methoxy groups -OCH3 is 1. The number of rotatable bonds is 5. The van der Waals surface area contributed by atoms with E-state index in [4.69, 9.17) is 0 Å². The topological polar surface area (TPSA) is 55.4 Å². The zero-order valence-corrected chi connectivity index (χ0v) is 13.6. The van der Waals surface area contributed by atoms with Crippen molar-refractivity contribution < 1.29 is 18.7 Å². The van der Waals surface area contributed by atoms with E-state index in [1.807, 2.05) is 6.92 Å². The van der Waals surface area contributed by atoms with Crippen LogP contribution in [0.4, 0.5) is 10.1 Å². The maximum absolute atomic E-state index is 12.8. The van der Waals surface area contributed by atoms with Crippen LogP contribution < -0.4 is 5.32 Å². The standard InChI is InChI=1S/C17H16FNO3S/c1-11-3-4-12(17(21)22-2)9-15(11)19-16(20)10-23-14-7-5-13(18)6-8-14/h3-9H,10H2,1-2H3,(H,19,20). The first kappa shape index (κ1) is 17.0. The van der Waals surface area contributed by atoms with Gasteiger partial charge in [-0.3, -0.25) is 4.79 Å². The van der Waals surface area contributed by atoms with Gasteiger partial charge in [-0.1, -0.05) is 6.07 Å². The summed E-state index contributed by atoms with van der Waals surface area (Å²) in [4.78, 5) is 24.4. The molecule has 0 unspecified atom stereocenters. The third kappa shape index (κ3) is 4.82. The van der Waals surface area contributed by atoms with Gasteiger partial charge in [0.1, 0.15) is 5.82 Å². The van der Waals surface area contributed by atoms with Crippen LogP contribution in [0.25, 0.3) is 0 Å². The van der Waals surface area contributed by atoms with Crippen molar-refractivity contribution in [2.75, 3.05) is 18.2 Å². The molecule has 0 saturated heterocycles. The van der Waals surface area contributed by atoms with Crippen LogP contribution in [0, 0.1) is 12.7 Å². The minimum Gasteiger partial charge on any atom is -0.465 e. The van der Waals surface area contributed by atoms with Crippen molar-refractivity contribution in [3.8, 4) is 0 Å². The molecule has 2 aromatic rings. The highest BCUT2D eigenvalue weighted by atomic mass is 32.2. The molecule has 1 N–H and O–H groups in total. The second-order valence-electron chi connectivity index (χ2n) is 4.81. The summed E-state index contributed by atoms with van der Waals surface area (Å²) >= 11 is 1.31. The number of carbonyl (C=O) groups excluding carboxylic acids is 2. The normalized spacial score (nSPS) is 10.2. The Morgan fingerprint density at radius 3 is 2.52 bits per heavy atom. The van der Waals surface area contributed by atoms with Gasteiger partial charge in [0.05, 0.1) is 18.4 Å². The first-order chi connectivity index (χ1) is 11.0. The molecule has 2 aromatic carbocycles. The zero-order chi connectivity index (χ0) is 16.8. The molecule has 6 heteroatoms. The number of thioether (sulfide) groups is 1. The molecule has 23 heavy (non-hydrogen) atoms. The van der Waals surface area contributed by atoms with Crippen molar-refractivity contribution in [1.29, 1.82) is 0 Å². The van der Waals surface area contributed by atoms with Crippen molar-refractivity contribution in [3.63, 3.8) is 0 Å². The number of halogens is 1. The number of esters is 1. The Labute approximate surface area is 138 Å². The highest BCUT2D eigenvalue weighted by Crippen LogP contribution is 2.20. The maximum Gasteiger partial charge on any atom is 0.337 e. The van der Waals surface area contributed by atoms with Gasteiger partial charge in [0.15, 0.2) is 0 Å². The Morgan fingerprint density at radius 1 is 1.17 bits per heavy atom. The second kappa shape index (κ2) is 7.78. The third-order valence-corrected chi connectivity index (χ3v) is 4.13. The molecule has 0 heterocycles. The number of ether oxygens (including phenoxy) is 1. The van der Waals surface area contributed by atoms with Crippen molar-refractivity contribution in [3.05, 3.63) is 59.4 Å². The van der Waals surface area contributed by atoms with Crippen molar-refractivity contribution in [2.45, 2.75) is 11.8 Å². The van der Waals surface area contributed by atoms with E-state index in [9.17, 15) is 14.0 Å². The molecule has 0 bridgehead atoms. The van der Waals surface area contributed by atoms with E-state index >= 15 is 0 Å². The molecule has 0 atom stereocenters. The summed E-state index contributed by atoms with van der Waals surface area (Å²) in [5.74, 6) is -0.784. The number of aryl methyl sites for hydroxylation is 1.